The van der Waals surface area contributed by atoms with Gasteiger partial charge in [0.2, 0.25) is 10.0 Å². The van der Waals surface area contributed by atoms with E-state index < -0.39 is 34.2 Å². The molecular weight excluding hydrogens is 546 g/mol. The highest BCUT2D eigenvalue weighted by Gasteiger charge is 2.33. The fourth-order valence-electron chi connectivity index (χ4n) is 4.71. The summed E-state index contributed by atoms with van der Waals surface area (Å²) in [5.41, 5.74) is 2.17. The van der Waals surface area contributed by atoms with Crippen LogP contribution in [0.2, 0.25) is 0 Å². The molecule has 1 aliphatic rings. The Balaban J connectivity index is 1.66. The van der Waals surface area contributed by atoms with Gasteiger partial charge in [-0.25, -0.2) is 13.2 Å². The Labute approximate surface area is 239 Å². The van der Waals surface area contributed by atoms with Crippen LogP contribution < -0.4 is 10.6 Å². The molecule has 0 spiro atoms. The molecule has 0 saturated heterocycles. The van der Waals surface area contributed by atoms with Crippen LogP contribution in [0.25, 0.3) is 11.6 Å². The maximum absolute atomic E-state index is 13.9. The molecule has 2 amide bonds. The van der Waals surface area contributed by atoms with Crippen LogP contribution >= 0.6 is 0 Å². The number of sulfonamides is 1. The number of phenols is 1. The molecule has 4 rings (SSSR count). The van der Waals surface area contributed by atoms with Crippen molar-refractivity contribution >= 4 is 39.4 Å². The van der Waals surface area contributed by atoms with Crippen LogP contribution in [0.5, 0.6) is 5.75 Å². The zero-order valence-electron chi connectivity index (χ0n) is 22.7. The lowest BCUT2D eigenvalue weighted by atomic mass is 10.0. The normalized spacial score (nSPS) is 15.5. The second-order valence-corrected chi connectivity index (χ2v) is 12.2. The van der Waals surface area contributed by atoms with Crippen LogP contribution in [0.1, 0.15) is 30.5 Å². The predicted molar refractivity (Wildman–Crippen MR) is 156 cm³/mol. The second-order valence-electron chi connectivity index (χ2n) is 10.3. The minimum Gasteiger partial charge on any atom is -0.507 e. The second kappa shape index (κ2) is 12.5. The third-order valence-electron chi connectivity index (χ3n) is 6.68. The number of hydrogen-bond donors (Lipinski definition) is 5. The molecule has 11 heteroatoms. The van der Waals surface area contributed by atoms with E-state index in [-0.39, 0.29) is 41.6 Å². The maximum atomic E-state index is 13.9. The van der Waals surface area contributed by atoms with Gasteiger partial charge in [0.25, 0.3) is 5.91 Å². The molecule has 1 aliphatic heterocycles. The zero-order valence-corrected chi connectivity index (χ0v) is 23.5. The lowest BCUT2D eigenvalue weighted by molar-refractivity contribution is -0.110. The van der Waals surface area contributed by atoms with Crippen molar-refractivity contribution in [2.45, 2.75) is 37.3 Å². The van der Waals surface area contributed by atoms with Crippen LogP contribution in [0.4, 0.5) is 10.5 Å². The molecule has 41 heavy (non-hydrogen) atoms. The standard InChI is InChI=1S/C30H33N3O7S/c1-19(2)17-33(18-28(35)26(32-30(37)38)14-20-8-4-3-5-9-20)41(39,40)22-12-13-25-23(16-22)24(29(36)31-25)15-21-10-6-7-11-27(21)34/h3-13,15-16,19,26,28,32,34-35H,14,17-18H2,1-2H3,(H,31,36)(H,37,38). The van der Waals surface area contributed by atoms with E-state index in [9.17, 15) is 33.3 Å². The smallest absolute Gasteiger partial charge is 0.404 e. The summed E-state index contributed by atoms with van der Waals surface area (Å²) in [4.78, 5) is 24.1. The van der Waals surface area contributed by atoms with E-state index in [1.807, 2.05) is 19.9 Å². The first-order chi connectivity index (χ1) is 19.5. The van der Waals surface area contributed by atoms with Gasteiger partial charge in [-0.3, -0.25) is 4.79 Å². The lowest BCUT2D eigenvalue weighted by Gasteiger charge is -2.30. The minimum atomic E-state index is -4.19. The van der Waals surface area contributed by atoms with Gasteiger partial charge < -0.3 is 26.0 Å². The summed E-state index contributed by atoms with van der Waals surface area (Å²) in [5.74, 6) is -0.566. The van der Waals surface area contributed by atoms with Crippen LogP contribution in [0, 0.1) is 5.92 Å². The third kappa shape index (κ3) is 7.12. The number of aliphatic hydroxyl groups is 1. The Morgan fingerprint density at radius 2 is 1.71 bits per heavy atom. The molecule has 2 unspecified atom stereocenters. The van der Waals surface area contributed by atoms with Gasteiger partial charge in [-0.2, -0.15) is 4.31 Å². The number of aromatic hydroxyl groups is 1. The summed E-state index contributed by atoms with van der Waals surface area (Å²) >= 11 is 0. The van der Waals surface area contributed by atoms with Gasteiger partial charge in [0.05, 0.1) is 17.0 Å². The van der Waals surface area contributed by atoms with Gasteiger partial charge in [-0.05, 0) is 48.2 Å². The molecule has 3 aromatic rings. The molecule has 0 aliphatic carbocycles. The highest BCUT2D eigenvalue weighted by Crippen LogP contribution is 2.36. The molecule has 0 radical (unpaired) electrons. The number of carbonyl (C=O) groups excluding carboxylic acids is 1. The van der Waals surface area contributed by atoms with Crippen LogP contribution in [0.15, 0.2) is 77.7 Å². The quantitative estimate of drug-likeness (QED) is 0.217. The van der Waals surface area contributed by atoms with E-state index in [1.54, 1.807) is 42.5 Å². The number of phenolic OH excluding ortho intramolecular Hbond substituents is 1. The summed E-state index contributed by atoms with van der Waals surface area (Å²) < 4.78 is 29.0. The molecule has 0 saturated carbocycles. The van der Waals surface area contributed by atoms with E-state index in [0.717, 1.165) is 9.87 Å². The Bertz CT molecular complexity index is 1560. The largest absolute Gasteiger partial charge is 0.507 e. The highest BCUT2D eigenvalue weighted by molar-refractivity contribution is 7.89. The Morgan fingerprint density at radius 3 is 2.37 bits per heavy atom. The number of carboxylic acid groups (broad SMARTS) is 1. The molecule has 0 aromatic heterocycles. The van der Waals surface area contributed by atoms with E-state index in [1.165, 1.54) is 30.3 Å². The van der Waals surface area contributed by atoms with Gasteiger partial charge in [0.1, 0.15) is 5.75 Å². The number of carbonyl (C=O) groups is 2. The van der Waals surface area contributed by atoms with E-state index in [4.69, 9.17) is 0 Å². The first-order valence-electron chi connectivity index (χ1n) is 13.1. The van der Waals surface area contributed by atoms with Crippen LogP contribution in [0.3, 0.4) is 0 Å². The van der Waals surface area contributed by atoms with Gasteiger partial charge >= 0.3 is 6.09 Å². The molecule has 10 nitrogen and oxygen atoms in total. The van der Waals surface area contributed by atoms with Gasteiger partial charge in [-0.15, -0.1) is 0 Å². The van der Waals surface area contributed by atoms with Crippen molar-refractivity contribution in [1.29, 1.82) is 0 Å². The number of rotatable bonds is 11. The number of para-hydroxylation sites is 1. The number of hydrogen-bond acceptors (Lipinski definition) is 6. The maximum Gasteiger partial charge on any atom is 0.404 e. The van der Waals surface area contributed by atoms with Crippen molar-refractivity contribution in [2.24, 2.45) is 5.92 Å². The third-order valence-corrected chi connectivity index (χ3v) is 8.51. The number of anilines is 1. The summed E-state index contributed by atoms with van der Waals surface area (Å²) in [6.45, 7) is 3.39. The molecule has 0 bridgehead atoms. The van der Waals surface area contributed by atoms with Crippen LogP contribution in [-0.2, 0) is 21.2 Å². The number of aliphatic hydroxyl groups excluding tert-OH is 1. The number of nitrogens with one attached hydrogen (secondary N) is 2. The number of nitrogens with zero attached hydrogens (tertiary/aromatic N) is 1. The summed E-state index contributed by atoms with van der Waals surface area (Å²) in [5, 5.41) is 35.7. The highest BCUT2D eigenvalue weighted by atomic mass is 32.2. The van der Waals surface area contributed by atoms with Crippen molar-refractivity contribution < 1.29 is 33.3 Å². The number of benzene rings is 3. The van der Waals surface area contributed by atoms with Crippen molar-refractivity contribution in [2.75, 3.05) is 18.4 Å². The van der Waals surface area contributed by atoms with Gasteiger partial charge in [0.15, 0.2) is 0 Å². The van der Waals surface area contributed by atoms with Crippen molar-refractivity contribution in [3.63, 3.8) is 0 Å². The van der Waals surface area contributed by atoms with Gasteiger partial charge in [-0.1, -0.05) is 62.4 Å². The Morgan fingerprint density at radius 1 is 1.02 bits per heavy atom. The fraction of sp³-hybridized carbons (Fsp3) is 0.267. The SMILES string of the molecule is CC(C)CN(CC(O)C(Cc1ccccc1)NC(=O)O)S(=O)(=O)c1ccc2c(c1)C(=Cc1ccccc1O)C(=O)N2. The predicted octanol–water partition coefficient (Wildman–Crippen LogP) is 3.77. The first kappa shape index (κ1) is 29.8. The van der Waals surface area contributed by atoms with E-state index >= 15 is 0 Å². The molecular formula is C30H33N3O7S. The Kier molecular flexibility index (Phi) is 9.11. The van der Waals surface area contributed by atoms with Crippen molar-refractivity contribution in [3.8, 4) is 5.75 Å². The topological polar surface area (TPSA) is 156 Å². The van der Waals surface area contributed by atoms with Gasteiger partial charge in [0, 0.05) is 35.5 Å². The fourth-order valence-corrected chi connectivity index (χ4v) is 6.36. The summed E-state index contributed by atoms with van der Waals surface area (Å²) in [6.07, 6.45) is -1.03. The zero-order chi connectivity index (χ0) is 29.7. The lowest BCUT2D eigenvalue weighted by Crippen LogP contribution is -2.50. The molecule has 3 aromatic carbocycles. The summed E-state index contributed by atoms with van der Waals surface area (Å²) in [7, 11) is -4.19. The monoisotopic (exact) mass is 579 g/mol. The molecule has 216 valence electrons. The summed E-state index contributed by atoms with van der Waals surface area (Å²) in [6, 6.07) is 18.8. The average Bonchev–Trinajstić information content (AvgIpc) is 3.23. The first-order valence-corrected chi connectivity index (χ1v) is 14.6. The van der Waals surface area contributed by atoms with Crippen LogP contribution in [-0.4, -0.2) is 65.3 Å². The van der Waals surface area contributed by atoms with Crippen molar-refractivity contribution in [3.05, 3.63) is 89.5 Å². The van der Waals surface area contributed by atoms with E-state index in [2.05, 4.69) is 10.6 Å². The molecule has 1 heterocycles. The number of fused-ring (bicyclic) bond motifs is 1. The molecule has 0 fully saturated rings. The number of amides is 2. The average molecular weight is 580 g/mol. The Hall–Kier alpha value is -4.19. The van der Waals surface area contributed by atoms with Crippen molar-refractivity contribution in [1.82, 2.24) is 9.62 Å². The minimum absolute atomic E-state index is 0.0258. The molecule has 5 N–H and O–H groups in total. The molecule has 2 atom stereocenters. The van der Waals surface area contributed by atoms with E-state index in [0.29, 0.717) is 16.8 Å².